The summed E-state index contributed by atoms with van der Waals surface area (Å²) in [7, 11) is 0. The van der Waals surface area contributed by atoms with Crippen molar-refractivity contribution in [1.29, 1.82) is 0 Å². The zero-order chi connectivity index (χ0) is 13.1. The summed E-state index contributed by atoms with van der Waals surface area (Å²) in [4.78, 5) is 4.08. The molecule has 1 unspecified atom stereocenters. The number of hydrogen-bond donors (Lipinski definition) is 1. The van der Waals surface area contributed by atoms with E-state index in [2.05, 4.69) is 69.2 Å². The van der Waals surface area contributed by atoms with E-state index in [9.17, 15) is 0 Å². The topological polar surface area (TPSA) is 12.0 Å². The SMILES string of the molecule is CCCNC(c1ccc(Br)s1)c1cc(Br)c(C)s1. The Balaban J connectivity index is 2.30. The third kappa shape index (κ3) is 3.45. The summed E-state index contributed by atoms with van der Waals surface area (Å²) < 4.78 is 2.40. The number of rotatable bonds is 5. The first-order chi connectivity index (χ1) is 8.61. The molecule has 2 aromatic rings. The Kier molecular flexibility index (Phi) is 5.45. The van der Waals surface area contributed by atoms with E-state index in [0.717, 1.165) is 13.0 Å². The van der Waals surface area contributed by atoms with E-state index in [1.165, 1.54) is 22.9 Å². The van der Waals surface area contributed by atoms with Gasteiger partial charge in [-0.3, -0.25) is 0 Å². The van der Waals surface area contributed by atoms with Gasteiger partial charge >= 0.3 is 0 Å². The first kappa shape index (κ1) is 14.7. The molecule has 0 aliphatic rings. The summed E-state index contributed by atoms with van der Waals surface area (Å²) in [6, 6.07) is 6.87. The van der Waals surface area contributed by atoms with Crippen molar-refractivity contribution < 1.29 is 0 Å². The Labute approximate surface area is 133 Å². The Hall–Kier alpha value is 0.320. The van der Waals surface area contributed by atoms with Crippen molar-refractivity contribution >= 4 is 54.5 Å². The minimum atomic E-state index is 0.316. The van der Waals surface area contributed by atoms with Crippen molar-refractivity contribution in [3.05, 3.63) is 41.1 Å². The van der Waals surface area contributed by atoms with Crippen LogP contribution in [-0.4, -0.2) is 6.54 Å². The van der Waals surface area contributed by atoms with E-state index in [4.69, 9.17) is 0 Å². The van der Waals surface area contributed by atoms with Gasteiger partial charge in [-0.15, -0.1) is 22.7 Å². The summed E-state index contributed by atoms with van der Waals surface area (Å²) >= 11 is 10.8. The number of halogens is 2. The van der Waals surface area contributed by atoms with Crippen LogP contribution in [0.3, 0.4) is 0 Å². The molecule has 0 saturated carbocycles. The molecule has 1 atom stereocenters. The Morgan fingerprint density at radius 1 is 1.22 bits per heavy atom. The molecule has 0 spiro atoms. The average Bonchev–Trinajstić information content (AvgIpc) is 2.88. The van der Waals surface area contributed by atoms with Gasteiger partial charge in [-0.05, 0) is 69.9 Å². The molecule has 5 heteroatoms. The van der Waals surface area contributed by atoms with E-state index in [1.807, 2.05) is 11.3 Å². The van der Waals surface area contributed by atoms with Crippen molar-refractivity contribution in [3.63, 3.8) is 0 Å². The molecule has 2 aromatic heterocycles. The predicted octanol–water partition coefficient (Wildman–Crippen LogP) is 5.73. The highest BCUT2D eigenvalue weighted by Gasteiger charge is 2.18. The number of nitrogens with one attached hydrogen (secondary N) is 1. The second kappa shape index (κ2) is 6.66. The van der Waals surface area contributed by atoms with Gasteiger partial charge in [-0.2, -0.15) is 0 Å². The number of thiophene rings is 2. The van der Waals surface area contributed by atoms with Crippen LogP contribution in [0.4, 0.5) is 0 Å². The van der Waals surface area contributed by atoms with Gasteiger partial charge in [-0.25, -0.2) is 0 Å². The minimum Gasteiger partial charge on any atom is -0.305 e. The van der Waals surface area contributed by atoms with Crippen molar-refractivity contribution in [2.45, 2.75) is 26.3 Å². The van der Waals surface area contributed by atoms with E-state index in [1.54, 1.807) is 11.3 Å². The lowest BCUT2D eigenvalue weighted by Gasteiger charge is -2.15. The minimum absolute atomic E-state index is 0.316. The van der Waals surface area contributed by atoms with Gasteiger partial charge < -0.3 is 5.32 Å². The molecule has 0 amide bonds. The molecular weight excluding hydrogens is 394 g/mol. The van der Waals surface area contributed by atoms with Gasteiger partial charge in [0, 0.05) is 19.1 Å². The third-order valence-corrected chi connectivity index (χ3v) is 6.53. The fourth-order valence-electron chi connectivity index (χ4n) is 1.74. The molecule has 0 aliphatic heterocycles. The van der Waals surface area contributed by atoms with E-state index in [0.29, 0.717) is 6.04 Å². The lowest BCUT2D eigenvalue weighted by Crippen LogP contribution is -2.21. The second-order valence-corrected chi connectivity index (χ2v) is 8.72. The fraction of sp³-hybridized carbons (Fsp3) is 0.385. The molecule has 1 nitrogen and oxygen atoms in total. The molecule has 0 aromatic carbocycles. The molecule has 2 rings (SSSR count). The van der Waals surface area contributed by atoms with E-state index >= 15 is 0 Å². The van der Waals surface area contributed by atoms with Crippen LogP contribution in [0.15, 0.2) is 26.5 Å². The first-order valence-electron chi connectivity index (χ1n) is 5.86. The zero-order valence-corrected chi connectivity index (χ0v) is 15.1. The van der Waals surface area contributed by atoms with E-state index < -0.39 is 0 Å². The van der Waals surface area contributed by atoms with E-state index in [-0.39, 0.29) is 0 Å². The summed E-state index contributed by atoms with van der Waals surface area (Å²) in [5.74, 6) is 0. The molecule has 98 valence electrons. The maximum Gasteiger partial charge on any atom is 0.0765 e. The van der Waals surface area contributed by atoms with Gasteiger partial charge in [0.25, 0.3) is 0 Å². The highest BCUT2D eigenvalue weighted by molar-refractivity contribution is 9.11. The van der Waals surface area contributed by atoms with Crippen LogP contribution < -0.4 is 5.32 Å². The molecule has 2 heterocycles. The summed E-state index contributed by atoms with van der Waals surface area (Å²) in [6.45, 7) is 5.39. The molecule has 0 saturated heterocycles. The summed E-state index contributed by atoms with van der Waals surface area (Å²) in [5, 5.41) is 3.64. The van der Waals surface area contributed by atoms with Crippen LogP contribution in [0, 0.1) is 6.92 Å². The standard InChI is InChI=1S/C13H15Br2NS2/c1-3-6-16-13(10-4-5-12(15)18-10)11-7-9(14)8(2)17-11/h4-5,7,13,16H,3,6H2,1-2H3. The molecule has 1 N–H and O–H groups in total. The van der Waals surface area contributed by atoms with Crippen LogP contribution in [0.1, 0.15) is 34.0 Å². The Bertz CT molecular complexity index is 499. The monoisotopic (exact) mass is 407 g/mol. The van der Waals surface area contributed by atoms with Gasteiger partial charge in [0.1, 0.15) is 0 Å². The van der Waals surface area contributed by atoms with Gasteiger partial charge in [-0.1, -0.05) is 6.92 Å². The molecule has 0 bridgehead atoms. The maximum absolute atomic E-state index is 3.64. The average molecular weight is 409 g/mol. The lowest BCUT2D eigenvalue weighted by molar-refractivity contribution is 0.613. The normalized spacial score (nSPS) is 12.9. The third-order valence-electron chi connectivity index (χ3n) is 2.64. The first-order valence-corrected chi connectivity index (χ1v) is 9.08. The Morgan fingerprint density at radius 2 is 2.00 bits per heavy atom. The molecular formula is C13H15Br2NS2. The van der Waals surface area contributed by atoms with Crippen LogP contribution in [0.2, 0.25) is 0 Å². The van der Waals surface area contributed by atoms with Crippen molar-refractivity contribution in [2.24, 2.45) is 0 Å². The van der Waals surface area contributed by atoms with Crippen molar-refractivity contribution in [3.8, 4) is 0 Å². The maximum atomic E-state index is 3.64. The highest BCUT2D eigenvalue weighted by Crippen LogP contribution is 2.37. The summed E-state index contributed by atoms with van der Waals surface area (Å²) in [5.41, 5.74) is 0. The van der Waals surface area contributed by atoms with Crippen molar-refractivity contribution in [2.75, 3.05) is 6.54 Å². The molecule has 0 aliphatic carbocycles. The quantitative estimate of drug-likeness (QED) is 0.665. The van der Waals surface area contributed by atoms with Crippen molar-refractivity contribution in [1.82, 2.24) is 5.32 Å². The predicted molar refractivity (Wildman–Crippen MR) is 88.9 cm³/mol. The second-order valence-electron chi connectivity index (χ2n) is 4.08. The number of hydrogen-bond acceptors (Lipinski definition) is 3. The fourth-order valence-corrected chi connectivity index (χ4v) is 4.99. The van der Waals surface area contributed by atoms with Crippen LogP contribution in [-0.2, 0) is 0 Å². The smallest absolute Gasteiger partial charge is 0.0765 e. The summed E-state index contributed by atoms with van der Waals surface area (Å²) in [6.07, 6.45) is 1.15. The lowest BCUT2D eigenvalue weighted by atomic mass is 10.2. The number of aryl methyl sites for hydroxylation is 1. The van der Waals surface area contributed by atoms with Crippen LogP contribution in [0.5, 0.6) is 0 Å². The van der Waals surface area contributed by atoms with Gasteiger partial charge in [0.05, 0.1) is 9.83 Å². The van der Waals surface area contributed by atoms with Crippen LogP contribution in [0.25, 0.3) is 0 Å². The molecule has 0 radical (unpaired) electrons. The largest absolute Gasteiger partial charge is 0.305 e. The molecule has 18 heavy (non-hydrogen) atoms. The Morgan fingerprint density at radius 3 is 2.50 bits per heavy atom. The van der Waals surface area contributed by atoms with Gasteiger partial charge in [0.2, 0.25) is 0 Å². The zero-order valence-electron chi connectivity index (χ0n) is 10.3. The molecule has 0 fully saturated rings. The van der Waals surface area contributed by atoms with Gasteiger partial charge in [0.15, 0.2) is 0 Å². The van der Waals surface area contributed by atoms with Crippen LogP contribution >= 0.6 is 54.5 Å². The highest BCUT2D eigenvalue weighted by atomic mass is 79.9.